The van der Waals surface area contributed by atoms with Crippen LogP contribution in [0.15, 0.2) is 59.3 Å². The number of nitrogens with zero attached hydrogens (tertiary/aromatic N) is 1. The van der Waals surface area contributed by atoms with Gasteiger partial charge in [-0.1, -0.05) is 47.5 Å². The van der Waals surface area contributed by atoms with Gasteiger partial charge in [0.25, 0.3) is 5.91 Å². The van der Waals surface area contributed by atoms with Crippen LogP contribution in [-0.4, -0.2) is 28.3 Å². The van der Waals surface area contributed by atoms with Gasteiger partial charge in [0.15, 0.2) is 0 Å². The molecule has 0 heterocycles. The number of carbonyl (C=O) groups is 4. The smallest absolute Gasteiger partial charge is 0.265 e. The first-order valence-electron chi connectivity index (χ1n) is 7.51. The Morgan fingerprint density at radius 2 is 1.38 bits per heavy atom. The third kappa shape index (κ3) is 2.96. The Kier molecular flexibility index (Phi) is 4.76. The van der Waals surface area contributed by atoms with Crippen molar-refractivity contribution in [2.75, 3.05) is 0 Å². The van der Waals surface area contributed by atoms with Gasteiger partial charge in [0.2, 0.25) is 17.5 Å². The van der Waals surface area contributed by atoms with Gasteiger partial charge in [-0.15, -0.1) is 0 Å². The third-order valence-corrected chi connectivity index (χ3v) is 4.47. The number of halogens is 2. The Hall–Kier alpha value is -2.76. The summed E-state index contributed by atoms with van der Waals surface area (Å²) in [6.45, 7) is 1.11. The highest BCUT2D eigenvalue weighted by Gasteiger charge is 2.38. The molecule has 0 spiro atoms. The van der Waals surface area contributed by atoms with Crippen LogP contribution >= 0.6 is 23.2 Å². The fourth-order valence-corrected chi connectivity index (χ4v) is 3.05. The van der Waals surface area contributed by atoms with Crippen LogP contribution in [0, 0.1) is 0 Å². The van der Waals surface area contributed by atoms with Crippen molar-refractivity contribution in [3.63, 3.8) is 0 Å². The number of fused-ring (bicyclic) bond motifs is 1. The molecular weight excluding hydrogens is 377 g/mol. The van der Waals surface area contributed by atoms with E-state index in [2.05, 4.69) is 0 Å². The van der Waals surface area contributed by atoms with Gasteiger partial charge in [-0.3, -0.25) is 19.2 Å². The molecule has 0 fully saturated rings. The minimum Gasteiger partial charge on any atom is -0.287 e. The van der Waals surface area contributed by atoms with Crippen LogP contribution < -0.4 is 0 Å². The molecule has 3 rings (SSSR count). The summed E-state index contributed by atoms with van der Waals surface area (Å²) in [6, 6.07) is 11.9. The minimum absolute atomic E-state index is 0.0899. The average Bonchev–Trinajstić information content (AvgIpc) is 2.63. The highest BCUT2D eigenvalue weighted by atomic mass is 35.5. The number of rotatable bonds is 2. The maximum Gasteiger partial charge on any atom is 0.265 e. The summed E-state index contributed by atoms with van der Waals surface area (Å²) in [5.74, 6) is -2.80. The lowest BCUT2D eigenvalue weighted by Crippen LogP contribution is -2.40. The predicted octanol–water partition coefficient (Wildman–Crippen LogP) is 3.86. The maximum atomic E-state index is 12.8. The maximum absolute atomic E-state index is 12.8. The van der Waals surface area contributed by atoms with Crippen molar-refractivity contribution in [2.45, 2.75) is 6.92 Å². The van der Waals surface area contributed by atoms with Crippen LogP contribution in [0.4, 0.5) is 0 Å². The Bertz CT molecular complexity index is 993. The number of amides is 2. The molecule has 0 atom stereocenters. The van der Waals surface area contributed by atoms with Gasteiger partial charge < -0.3 is 0 Å². The molecule has 26 heavy (non-hydrogen) atoms. The standard InChI is InChI=1S/C19H11Cl2NO4/c1-10(23)22(19(26)11-6-8-12(20)9-7-11)16-15(21)17(24)13-4-2-3-5-14(13)18(16)25/h2-9H,1H3. The fourth-order valence-electron chi connectivity index (χ4n) is 2.66. The second-order valence-electron chi connectivity index (χ2n) is 5.53. The van der Waals surface area contributed by atoms with Gasteiger partial charge in [0.05, 0.1) is 0 Å². The number of hydrogen-bond acceptors (Lipinski definition) is 4. The highest BCUT2D eigenvalue weighted by molar-refractivity contribution is 6.50. The number of benzene rings is 2. The predicted molar refractivity (Wildman–Crippen MR) is 96.3 cm³/mol. The summed E-state index contributed by atoms with van der Waals surface area (Å²) in [4.78, 5) is 50.9. The van der Waals surface area contributed by atoms with Crippen LogP contribution in [0.5, 0.6) is 0 Å². The monoisotopic (exact) mass is 387 g/mol. The Labute approximate surface area is 158 Å². The molecular formula is C19H11Cl2NO4. The molecule has 0 aromatic heterocycles. The topological polar surface area (TPSA) is 71.5 Å². The minimum atomic E-state index is -0.775. The van der Waals surface area contributed by atoms with Crippen LogP contribution in [-0.2, 0) is 4.79 Å². The molecule has 2 aromatic carbocycles. The second-order valence-corrected chi connectivity index (χ2v) is 6.35. The van der Waals surface area contributed by atoms with Crippen molar-refractivity contribution >= 4 is 46.6 Å². The second kappa shape index (κ2) is 6.86. The molecule has 0 unspecified atom stereocenters. The summed E-state index contributed by atoms with van der Waals surface area (Å²) >= 11 is 11.9. The van der Waals surface area contributed by atoms with E-state index in [-0.39, 0.29) is 16.7 Å². The van der Waals surface area contributed by atoms with Gasteiger partial charge >= 0.3 is 0 Å². The molecule has 0 aliphatic heterocycles. The van der Waals surface area contributed by atoms with E-state index in [1.54, 1.807) is 12.1 Å². The fraction of sp³-hybridized carbons (Fsp3) is 0.0526. The zero-order valence-corrected chi connectivity index (χ0v) is 15.0. The summed E-state index contributed by atoms with van der Waals surface area (Å²) in [7, 11) is 0. The van der Waals surface area contributed by atoms with Crippen LogP contribution in [0.3, 0.4) is 0 Å². The zero-order valence-electron chi connectivity index (χ0n) is 13.5. The number of ketones is 2. The van der Waals surface area contributed by atoms with Gasteiger partial charge in [-0.25, -0.2) is 4.90 Å². The first kappa shape index (κ1) is 18.0. The molecule has 2 amide bonds. The number of Topliss-reactive ketones (excluding diaryl/α,β-unsaturated/α-hetero) is 2. The SMILES string of the molecule is CC(=O)N(C(=O)c1ccc(Cl)cc1)C1=C(Cl)C(=O)c2ccccc2C1=O. The molecule has 7 heteroatoms. The summed E-state index contributed by atoms with van der Waals surface area (Å²) < 4.78 is 0. The van der Waals surface area contributed by atoms with E-state index < -0.39 is 34.1 Å². The van der Waals surface area contributed by atoms with Crippen molar-refractivity contribution in [1.82, 2.24) is 4.90 Å². The lowest BCUT2D eigenvalue weighted by atomic mass is 9.91. The first-order valence-corrected chi connectivity index (χ1v) is 8.27. The van der Waals surface area contributed by atoms with E-state index in [4.69, 9.17) is 23.2 Å². The van der Waals surface area contributed by atoms with E-state index in [9.17, 15) is 19.2 Å². The van der Waals surface area contributed by atoms with Gasteiger partial charge in [-0.2, -0.15) is 0 Å². The summed E-state index contributed by atoms with van der Waals surface area (Å²) in [5, 5.41) is -0.0581. The van der Waals surface area contributed by atoms with E-state index in [0.717, 1.165) is 6.92 Å². The normalized spacial score (nSPS) is 13.5. The lowest BCUT2D eigenvalue weighted by molar-refractivity contribution is -0.124. The molecule has 2 aromatic rings. The van der Waals surface area contributed by atoms with Crippen molar-refractivity contribution in [3.8, 4) is 0 Å². The van der Waals surface area contributed by atoms with Gasteiger partial charge in [0.1, 0.15) is 10.7 Å². The van der Waals surface area contributed by atoms with E-state index >= 15 is 0 Å². The van der Waals surface area contributed by atoms with Crippen molar-refractivity contribution in [1.29, 1.82) is 0 Å². The molecule has 0 saturated heterocycles. The van der Waals surface area contributed by atoms with Crippen molar-refractivity contribution in [3.05, 3.63) is 81.0 Å². The van der Waals surface area contributed by atoms with E-state index in [1.807, 2.05) is 0 Å². The molecule has 0 bridgehead atoms. The molecule has 0 radical (unpaired) electrons. The molecule has 0 saturated carbocycles. The third-order valence-electron chi connectivity index (χ3n) is 3.87. The Morgan fingerprint density at radius 1 is 0.846 bits per heavy atom. The largest absolute Gasteiger partial charge is 0.287 e. The Morgan fingerprint density at radius 3 is 1.92 bits per heavy atom. The highest BCUT2D eigenvalue weighted by Crippen LogP contribution is 2.31. The Balaban J connectivity index is 2.14. The zero-order chi connectivity index (χ0) is 19.0. The van der Waals surface area contributed by atoms with E-state index in [1.165, 1.54) is 36.4 Å². The molecule has 1 aliphatic rings. The van der Waals surface area contributed by atoms with Gasteiger partial charge in [-0.05, 0) is 24.3 Å². The number of imide groups is 1. The molecule has 130 valence electrons. The van der Waals surface area contributed by atoms with Gasteiger partial charge in [0, 0.05) is 28.6 Å². The average molecular weight is 388 g/mol. The van der Waals surface area contributed by atoms with Crippen molar-refractivity contribution in [2.24, 2.45) is 0 Å². The van der Waals surface area contributed by atoms with Crippen molar-refractivity contribution < 1.29 is 19.2 Å². The van der Waals surface area contributed by atoms with E-state index in [0.29, 0.717) is 9.92 Å². The van der Waals surface area contributed by atoms with Crippen LogP contribution in [0.2, 0.25) is 5.02 Å². The number of carbonyl (C=O) groups excluding carboxylic acids is 4. The summed E-state index contributed by atoms with van der Waals surface area (Å²) in [6.07, 6.45) is 0. The quantitative estimate of drug-likeness (QED) is 0.784. The van der Waals surface area contributed by atoms with Crippen LogP contribution in [0.25, 0.3) is 0 Å². The first-order chi connectivity index (χ1) is 12.3. The number of hydrogen-bond donors (Lipinski definition) is 0. The molecule has 1 aliphatic carbocycles. The molecule has 5 nitrogen and oxygen atoms in total. The van der Waals surface area contributed by atoms with Crippen LogP contribution in [0.1, 0.15) is 38.0 Å². The lowest BCUT2D eigenvalue weighted by Gasteiger charge is -2.26. The number of allylic oxidation sites excluding steroid dienone is 2. The molecule has 0 N–H and O–H groups in total. The summed E-state index contributed by atoms with van der Waals surface area (Å²) in [5.41, 5.74) is -0.0933.